The third-order valence-corrected chi connectivity index (χ3v) is 5.86. The zero-order valence-corrected chi connectivity index (χ0v) is 20.7. The number of ether oxygens (including phenoxy) is 2. The van der Waals surface area contributed by atoms with Crippen LogP contribution in [-0.4, -0.2) is 37.1 Å². The average molecular weight is 530 g/mol. The predicted molar refractivity (Wildman–Crippen MR) is 137 cm³/mol. The Kier molecular flexibility index (Phi) is 6.93. The Balaban J connectivity index is 1.53. The van der Waals surface area contributed by atoms with Crippen LogP contribution in [0.3, 0.4) is 0 Å². The highest BCUT2D eigenvalue weighted by atomic mass is 35.5. The first kappa shape index (κ1) is 24.5. The largest absolute Gasteiger partial charge is 0.494 e. The normalized spacial score (nSPS) is 12.3. The predicted octanol–water partition coefficient (Wildman–Crippen LogP) is 4.94. The summed E-state index contributed by atoms with van der Waals surface area (Å²) in [5.74, 6) is -1.06. The zero-order valence-electron chi connectivity index (χ0n) is 18.3. The third kappa shape index (κ3) is 4.66. The van der Waals surface area contributed by atoms with Crippen molar-refractivity contribution in [3.05, 3.63) is 81.3 Å². The van der Waals surface area contributed by atoms with E-state index >= 15 is 0 Å². The van der Waals surface area contributed by atoms with Crippen molar-refractivity contribution in [1.29, 1.82) is 0 Å². The summed E-state index contributed by atoms with van der Waals surface area (Å²) in [7, 11) is 2.79. The van der Waals surface area contributed by atoms with Crippen molar-refractivity contribution in [3.63, 3.8) is 0 Å². The van der Waals surface area contributed by atoms with E-state index in [9.17, 15) is 14.4 Å². The molecule has 11 heteroatoms. The van der Waals surface area contributed by atoms with Crippen LogP contribution in [0.4, 0.5) is 11.4 Å². The molecule has 0 spiro atoms. The van der Waals surface area contributed by atoms with E-state index in [0.29, 0.717) is 16.8 Å². The minimum atomic E-state index is -0.585. The van der Waals surface area contributed by atoms with Crippen molar-refractivity contribution < 1.29 is 23.9 Å². The summed E-state index contributed by atoms with van der Waals surface area (Å²) in [5, 5.41) is 5.81. The summed E-state index contributed by atoms with van der Waals surface area (Å²) in [5.41, 5.74) is 1.47. The van der Waals surface area contributed by atoms with Gasteiger partial charge in [0.2, 0.25) is 0 Å². The molecule has 178 valence electrons. The van der Waals surface area contributed by atoms with Gasteiger partial charge in [-0.3, -0.25) is 19.7 Å². The second-order valence-corrected chi connectivity index (χ2v) is 8.51. The number of fused-ring (bicyclic) bond motifs is 1. The lowest BCUT2D eigenvalue weighted by molar-refractivity contribution is 0.0922. The molecule has 0 radical (unpaired) electrons. The van der Waals surface area contributed by atoms with Gasteiger partial charge in [-0.2, -0.15) is 0 Å². The molecule has 0 aromatic heterocycles. The van der Waals surface area contributed by atoms with Crippen LogP contribution in [0, 0.1) is 0 Å². The van der Waals surface area contributed by atoms with Crippen molar-refractivity contribution >= 4 is 69.6 Å². The molecule has 3 amide bonds. The molecule has 1 heterocycles. The highest BCUT2D eigenvalue weighted by Crippen LogP contribution is 2.36. The van der Waals surface area contributed by atoms with Crippen LogP contribution >= 0.6 is 35.4 Å². The number of rotatable bonds is 5. The monoisotopic (exact) mass is 529 g/mol. The fourth-order valence-corrected chi connectivity index (χ4v) is 4.40. The smallest absolute Gasteiger partial charge is 0.266 e. The molecule has 3 aromatic carbocycles. The number of nitrogens with one attached hydrogen (secondary N) is 2. The Bertz CT molecular complexity index is 1360. The van der Waals surface area contributed by atoms with Gasteiger partial charge < -0.3 is 14.8 Å². The Labute approximate surface area is 215 Å². The fourth-order valence-electron chi connectivity index (χ4n) is 3.62. The molecular formula is C24H17Cl2N3O5S. The van der Waals surface area contributed by atoms with Crippen molar-refractivity contribution in [1.82, 2.24) is 5.32 Å². The summed E-state index contributed by atoms with van der Waals surface area (Å²) in [6, 6.07) is 14.1. The first-order valence-electron chi connectivity index (χ1n) is 10.1. The molecule has 0 saturated carbocycles. The Morgan fingerprint density at radius 1 is 0.943 bits per heavy atom. The van der Waals surface area contributed by atoms with Gasteiger partial charge in [0.1, 0.15) is 11.5 Å². The van der Waals surface area contributed by atoms with Crippen molar-refractivity contribution in [3.8, 4) is 11.5 Å². The summed E-state index contributed by atoms with van der Waals surface area (Å²) in [6.07, 6.45) is 0. The number of anilines is 2. The molecular weight excluding hydrogens is 513 g/mol. The number of methoxy groups -OCH3 is 2. The number of amides is 3. The van der Waals surface area contributed by atoms with Gasteiger partial charge in [0.25, 0.3) is 17.7 Å². The van der Waals surface area contributed by atoms with Crippen LogP contribution in [0.25, 0.3) is 0 Å². The van der Waals surface area contributed by atoms with E-state index in [4.69, 9.17) is 44.9 Å². The highest BCUT2D eigenvalue weighted by molar-refractivity contribution is 7.80. The first-order valence-corrected chi connectivity index (χ1v) is 11.2. The van der Waals surface area contributed by atoms with Crippen LogP contribution < -0.4 is 25.0 Å². The molecule has 0 fully saturated rings. The van der Waals surface area contributed by atoms with Gasteiger partial charge >= 0.3 is 0 Å². The molecule has 0 atom stereocenters. The zero-order chi connectivity index (χ0) is 25.3. The third-order valence-electron chi connectivity index (χ3n) is 5.16. The van der Waals surface area contributed by atoms with E-state index in [1.54, 1.807) is 42.5 Å². The molecule has 2 N–H and O–H groups in total. The minimum absolute atomic E-state index is 0.0244. The summed E-state index contributed by atoms with van der Waals surface area (Å²) < 4.78 is 10.6. The number of imide groups is 1. The standard InChI is InChI=1S/C24H17Cl2N3O5S/c1-33-19-11-13(7-8-18(19)29-22(31)14-5-3-4-6-15(14)23(29)32)27-24(35)28-21(30)16-9-12(25)10-17(26)20(16)34-2/h3-11H,1-2H3,(H2,27,28,30,35). The number of hydrogen-bond acceptors (Lipinski definition) is 6. The lowest BCUT2D eigenvalue weighted by Crippen LogP contribution is -2.34. The highest BCUT2D eigenvalue weighted by Gasteiger charge is 2.37. The fraction of sp³-hybridized carbons (Fsp3) is 0.0833. The summed E-state index contributed by atoms with van der Waals surface area (Å²) >= 11 is 17.4. The van der Waals surface area contributed by atoms with Crippen molar-refractivity contribution in [2.75, 3.05) is 24.4 Å². The van der Waals surface area contributed by atoms with E-state index in [1.807, 2.05) is 0 Å². The topological polar surface area (TPSA) is 97.0 Å². The van der Waals surface area contributed by atoms with Gasteiger partial charge in [-0.25, -0.2) is 4.90 Å². The Hall–Kier alpha value is -3.66. The van der Waals surface area contributed by atoms with Crippen molar-refractivity contribution in [2.45, 2.75) is 0 Å². The van der Waals surface area contributed by atoms with E-state index in [0.717, 1.165) is 4.90 Å². The number of halogens is 2. The summed E-state index contributed by atoms with van der Waals surface area (Å²) in [6.45, 7) is 0. The maximum Gasteiger partial charge on any atom is 0.266 e. The van der Waals surface area contributed by atoms with E-state index in [1.165, 1.54) is 26.4 Å². The maximum atomic E-state index is 12.8. The van der Waals surface area contributed by atoms with Gasteiger partial charge in [0.05, 0.1) is 41.6 Å². The SMILES string of the molecule is COc1cc(NC(=S)NC(=O)c2cc(Cl)cc(Cl)c2OC)ccc1N1C(=O)c2ccccc2C1=O. The lowest BCUT2D eigenvalue weighted by atomic mass is 10.1. The van der Waals surface area contributed by atoms with Gasteiger partial charge in [0.15, 0.2) is 5.11 Å². The number of carbonyl (C=O) groups is 3. The first-order chi connectivity index (χ1) is 16.7. The molecule has 1 aliphatic heterocycles. The number of carbonyl (C=O) groups excluding carboxylic acids is 3. The van der Waals surface area contributed by atoms with Crippen molar-refractivity contribution in [2.24, 2.45) is 0 Å². The molecule has 4 rings (SSSR count). The summed E-state index contributed by atoms with van der Waals surface area (Å²) in [4.78, 5) is 39.4. The Morgan fingerprint density at radius 3 is 2.20 bits per heavy atom. The lowest BCUT2D eigenvalue weighted by Gasteiger charge is -2.19. The number of thiocarbonyl (C=S) groups is 1. The molecule has 0 unspecified atom stereocenters. The number of benzene rings is 3. The van der Waals surface area contributed by atoms with Crippen LogP contribution in [0.5, 0.6) is 11.5 Å². The molecule has 8 nitrogen and oxygen atoms in total. The minimum Gasteiger partial charge on any atom is -0.494 e. The van der Waals surface area contributed by atoms with Crippen LogP contribution in [-0.2, 0) is 0 Å². The molecule has 3 aromatic rings. The number of hydrogen-bond donors (Lipinski definition) is 2. The van der Waals surface area contributed by atoms with Gasteiger partial charge in [-0.15, -0.1) is 0 Å². The van der Waals surface area contributed by atoms with Gasteiger partial charge in [-0.05, 0) is 48.6 Å². The molecule has 1 aliphatic rings. The maximum absolute atomic E-state index is 12.8. The van der Waals surface area contributed by atoms with Crippen LogP contribution in [0.15, 0.2) is 54.6 Å². The number of nitrogens with zero attached hydrogens (tertiary/aromatic N) is 1. The second-order valence-electron chi connectivity index (χ2n) is 7.25. The second kappa shape index (κ2) is 9.91. The molecule has 0 saturated heterocycles. The van der Waals surface area contributed by atoms with Gasteiger partial charge in [0, 0.05) is 16.8 Å². The Morgan fingerprint density at radius 2 is 1.60 bits per heavy atom. The quantitative estimate of drug-likeness (QED) is 0.357. The van der Waals surface area contributed by atoms with Crippen LogP contribution in [0.2, 0.25) is 10.0 Å². The van der Waals surface area contributed by atoms with E-state index in [-0.39, 0.29) is 37.9 Å². The van der Waals surface area contributed by atoms with Gasteiger partial charge in [-0.1, -0.05) is 35.3 Å². The molecule has 35 heavy (non-hydrogen) atoms. The molecule has 0 aliphatic carbocycles. The van der Waals surface area contributed by atoms with Crippen LogP contribution in [0.1, 0.15) is 31.1 Å². The average Bonchev–Trinajstić information content (AvgIpc) is 3.08. The van der Waals surface area contributed by atoms with E-state index in [2.05, 4.69) is 10.6 Å². The molecule has 0 bridgehead atoms. The van der Waals surface area contributed by atoms with E-state index < -0.39 is 17.7 Å².